The van der Waals surface area contributed by atoms with Gasteiger partial charge in [0.2, 0.25) is 0 Å². The van der Waals surface area contributed by atoms with Crippen molar-refractivity contribution >= 4 is 5.82 Å². The Labute approximate surface area is 135 Å². The van der Waals surface area contributed by atoms with Crippen molar-refractivity contribution in [2.24, 2.45) is 0 Å². The largest absolute Gasteiger partial charge is 0.419 e. The van der Waals surface area contributed by atoms with Crippen LogP contribution in [0, 0.1) is 6.92 Å². The van der Waals surface area contributed by atoms with Crippen LogP contribution in [0.15, 0.2) is 35.3 Å². The number of hydrogen-bond acceptors (Lipinski definition) is 5. The molecule has 6 nitrogen and oxygen atoms in total. The van der Waals surface area contributed by atoms with Gasteiger partial charge in [-0.15, -0.1) is 0 Å². The van der Waals surface area contributed by atoms with Crippen LogP contribution in [0.5, 0.6) is 0 Å². The maximum Gasteiger partial charge on any atom is 0.419 e. The fraction of sp³-hybridized carbons (Fsp3) is 0.400. The smallest absolute Gasteiger partial charge is 0.377 e. The number of rotatable bonds is 3. The Balaban J connectivity index is 1.91. The zero-order chi connectivity index (χ0) is 17.3. The van der Waals surface area contributed by atoms with E-state index >= 15 is 0 Å². The van der Waals surface area contributed by atoms with Crippen molar-refractivity contribution in [3.05, 3.63) is 52.1 Å². The summed E-state index contributed by atoms with van der Waals surface area (Å²) in [5.41, 5.74) is -0.561. The number of hydrogen-bond donors (Lipinski definition) is 1. The first-order valence-electron chi connectivity index (χ1n) is 7.29. The molecule has 0 bridgehead atoms. The van der Waals surface area contributed by atoms with Gasteiger partial charge in [0.15, 0.2) is 0 Å². The Morgan fingerprint density at radius 2 is 2.08 bits per heavy atom. The van der Waals surface area contributed by atoms with E-state index in [-0.39, 0.29) is 24.6 Å². The molecule has 3 heterocycles. The quantitative estimate of drug-likeness (QED) is 0.926. The van der Waals surface area contributed by atoms with Crippen molar-refractivity contribution in [2.45, 2.75) is 25.2 Å². The number of halogens is 3. The maximum absolute atomic E-state index is 13.1. The molecule has 128 valence electrons. The Kier molecular flexibility index (Phi) is 4.27. The van der Waals surface area contributed by atoms with Crippen LogP contribution in [-0.2, 0) is 10.9 Å². The molecule has 9 heteroatoms. The van der Waals surface area contributed by atoms with Crippen LogP contribution in [-0.4, -0.2) is 34.0 Å². The van der Waals surface area contributed by atoms with Gasteiger partial charge in [-0.3, -0.25) is 4.79 Å². The minimum Gasteiger partial charge on any atom is -0.377 e. The third kappa shape index (κ3) is 3.25. The molecule has 1 aliphatic heterocycles. The second-order valence-corrected chi connectivity index (χ2v) is 5.51. The summed E-state index contributed by atoms with van der Waals surface area (Å²) in [6, 6.07) is 4.08. The summed E-state index contributed by atoms with van der Waals surface area (Å²) in [5.74, 6) is -0.286. The molecule has 2 unspecified atom stereocenters. The molecule has 1 aliphatic rings. The number of aryl methyl sites for hydroxylation is 1. The zero-order valence-corrected chi connectivity index (χ0v) is 12.7. The monoisotopic (exact) mass is 340 g/mol. The number of nitrogens with one attached hydrogen (secondary N) is 1. The average Bonchev–Trinajstić information content (AvgIpc) is 2.97. The lowest BCUT2D eigenvalue weighted by Crippen LogP contribution is -2.38. The van der Waals surface area contributed by atoms with Crippen molar-refractivity contribution in [3.63, 3.8) is 0 Å². The van der Waals surface area contributed by atoms with Crippen LogP contribution in [0.2, 0.25) is 0 Å². The first-order valence-corrected chi connectivity index (χ1v) is 7.29. The fourth-order valence-corrected chi connectivity index (χ4v) is 2.60. The van der Waals surface area contributed by atoms with Crippen molar-refractivity contribution in [1.29, 1.82) is 0 Å². The number of nitrogens with zero attached hydrogens (tertiary/aromatic N) is 3. The molecule has 24 heavy (non-hydrogen) atoms. The van der Waals surface area contributed by atoms with Crippen molar-refractivity contribution in [3.8, 4) is 0 Å². The van der Waals surface area contributed by atoms with Gasteiger partial charge >= 0.3 is 6.18 Å². The topological polar surface area (TPSA) is 69.0 Å². The summed E-state index contributed by atoms with van der Waals surface area (Å²) < 4.78 is 45.8. The van der Waals surface area contributed by atoms with Crippen LogP contribution in [0.4, 0.5) is 19.0 Å². The molecule has 0 amide bonds. The highest BCUT2D eigenvalue weighted by atomic mass is 19.4. The lowest BCUT2D eigenvalue weighted by atomic mass is 10.1. The van der Waals surface area contributed by atoms with Crippen LogP contribution >= 0.6 is 0 Å². The molecular formula is C15H15F3N4O2. The Hall–Kier alpha value is -2.42. The molecule has 2 atom stereocenters. The molecule has 1 fully saturated rings. The van der Waals surface area contributed by atoms with Crippen molar-refractivity contribution in [1.82, 2.24) is 14.8 Å². The Morgan fingerprint density at radius 3 is 2.83 bits per heavy atom. The van der Waals surface area contributed by atoms with E-state index in [2.05, 4.69) is 15.4 Å². The highest BCUT2D eigenvalue weighted by molar-refractivity contribution is 5.46. The summed E-state index contributed by atoms with van der Waals surface area (Å²) in [5, 5.41) is 6.91. The van der Waals surface area contributed by atoms with Gasteiger partial charge in [0, 0.05) is 12.3 Å². The first kappa shape index (κ1) is 16.4. The lowest BCUT2D eigenvalue weighted by Gasteiger charge is -2.22. The molecule has 0 spiro atoms. The molecule has 2 aromatic rings. The normalized spacial score (nSPS) is 21.0. The van der Waals surface area contributed by atoms with Gasteiger partial charge in [0.05, 0.1) is 30.5 Å². The summed E-state index contributed by atoms with van der Waals surface area (Å²) in [6.45, 7) is 2.07. The lowest BCUT2D eigenvalue weighted by molar-refractivity contribution is -0.137. The van der Waals surface area contributed by atoms with E-state index < -0.39 is 23.8 Å². The third-order valence-corrected chi connectivity index (χ3v) is 3.76. The molecule has 0 aromatic carbocycles. The van der Waals surface area contributed by atoms with E-state index in [9.17, 15) is 18.0 Å². The van der Waals surface area contributed by atoms with Gasteiger partial charge in [0.25, 0.3) is 5.56 Å². The summed E-state index contributed by atoms with van der Waals surface area (Å²) in [4.78, 5) is 15.8. The fourth-order valence-electron chi connectivity index (χ4n) is 2.60. The predicted octanol–water partition coefficient (Wildman–Crippen LogP) is 2.02. The van der Waals surface area contributed by atoms with Crippen molar-refractivity contribution in [2.75, 3.05) is 18.5 Å². The molecule has 2 aromatic heterocycles. The molecule has 0 aliphatic carbocycles. The van der Waals surface area contributed by atoms with E-state index in [0.717, 1.165) is 6.07 Å². The van der Waals surface area contributed by atoms with E-state index in [1.165, 1.54) is 23.0 Å². The first-order chi connectivity index (χ1) is 11.4. The Bertz CT molecular complexity index is 791. The van der Waals surface area contributed by atoms with Crippen LogP contribution in [0.1, 0.15) is 17.3 Å². The van der Waals surface area contributed by atoms with E-state index in [1.54, 1.807) is 13.0 Å². The van der Waals surface area contributed by atoms with Crippen LogP contribution in [0.3, 0.4) is 0 Å². The highest BCUT2D eigenvalue weighted by Gasteiger charge is 2.37. The maximum atomic E-state index is 13.1. The van der Waals surface area contributed by atoms with E-state index in [1.807, 2.05) is 0 Å². The van der Waals surface area contributed by atoms with Crippen LogP contribution in [0.25, 0.3) is 0 Å². The van der Waals surface area contributed by atoms with E-state index in [4.69, 9.17) is 4.74 Å². The van der Waals surface area contributed by atoms with Gasteiger partial charge in [0.1, 0.15) is 11.9 Å². The standard InChI is InChI=1S/C15H15F3N4O2/c1-9-4-5-13(23)22(21-9)12-8-24-7-11(12)20-14-10(15(16,17)18)3-2-6-19-14/h2-6,11-12H,7-8H2,1H3,(H,19,20). The van der Waals surface area contributed by atoms with Gasteiger partial charge in [-0.05, 0) is 25.1 Å². The SMILES string of the molecule is Cc1ccc(=O)n(C2COCC2Nc2ncccc2C(F)(F)F)n1. The van der Waals surface area contributed by atoms with Crippen LogP contribution < -0.4 is 10.9 Å². The molecule has 3 rings (SSSR count). The Morgan fingerprint density at radius 1 is 1.29 bits per heavy atom. The second kappa shape index (κ2) is 6.23. The van der Waals surface area contributed by atoms with Gasteiger partial charge in [-0.2, -0.15) is 18.3 Å². The van der Waals surface area contributed by atoms with E-state index in [0.29, 0.717) is 5.69 Å². The predicted molar refractivity (Wildman–Crippen MR) is 79.7 cm³/mol. The average molecular weight is 340 g/mol. The summed E-state index contributed by atoms with van der Waals surface area (Å²) >= 11 is 0. The third-order valence-electron chi connectivity index (χ3n) is 3.76. The number of pyridine rings is 1. The molecule has 0 radical (unpaired) electrons. The molecule has 1 saturated heterocycles. The molecular weight excluding hydrogens is 325 g/mol. The second-order valence-electron chi connectivity index (χ2n) is 5.51. The number of anilines is 1. The number of alkyl halides is 3. The van der Waals surface area contributed by atoms with Crippen molar-refractivity contribution < 1.29 is 17.9 Å². The zero-order valence-electron chi connectivity index (χ0n) is 12.7. The summed E-state index contributed by atoms with van der Waals surface area (Å²) in [6.07, 6.45) is -3.25. The summed E-state index contributed by atoms with van der Waals surface area (Å²) in [7, 11) is 0. The number of ether oxygens (including phenoxy) is 1. The minimum absolute atomic E-state index is 0.153. The number of aromatic nitrogens is 3. The van der Waals surface area contributed by atoms with Gasteiger partial charge < -0.3 is 10.1 Å². The van der Waals surface area contributed by atoms with Gasteiger partial charge in [-0.25, -0.2) is 9.67 Å². The molecule has 0 saturated carbocycles. The minimum atomic E-state index is -4.52. The molecule has 1 N–H and O–H groups in total. The van der Waals surface area contributed by atoms with Gasteiger partial charge in [-0.1, -0.05) is 0 Å². The highest BCUT2D eigenvalue weighted by Crippen LogP contribution is 2.34.